The van der Waals surface area contributed by atoms with E-state index in [-0.39, 0.29) is 33.9 Å². The first-order chi connectivity index (χ1) is 15.4. The van der Waals surface area contributed by atoms with Crippen molar-refractivity contribution in [1.29, 1.82) is 0 Å². The molecule has 0 radical (unpaired) electrons. The maximum absolute atomic E-state index is 11.7. The molecule has 0 saturated heterocycles. The van der Waals surface area contributed by atoms with Gasteiger partial charge in [0.2, 0.25) is 0 Å². The van der Waals surface area contributed by atoms with E-state index in [0.717, 1.165) is 0 Å². The van der Waals surface area contributed by atoms with E-state index in [1.807, 2.05) is 0 Å². The lowest BCUT2D eigenvalue weighted by Crippen LogP contribution is -2.05. The zero-order valence-electron chi connectivity index (χ0n) is 16.3. The van der Waals surface area contributed by atoms with Gasteiger partial charge >= 0.3 is 0 Å². The van der Waals surface area contributed by atoms with Gasteiger partial charge in [-0.1, -0.05) is 36.4 Å². The van der Waals surface area contributed by atoms with Crippen molar-refractivity contribution in [2.45, 2.75) is 0 Å². The molecule has 10 nitrogen and oxygen atoms in total. The molecule has 0 aliphatic carbocycles. The van der Waals surface area contributed by atoms with E-state index in [4.69, 9.17) is 0 Å². The standard InChI is InChI=1S/C22H14N4O6/c27-24(28)19-9-3-1-7-15(19)17-13-14-18(16-8-2-4-10-20(16)25(29)30)23(17)21-11-5-6-12-22(21)26(31)32/h1-14H. The Balaban J connectivity index is 2.12. The molecule has 1 heterocycles. The van der Waals surface area contributed by atoms with Crippen molar-refractivity contribution < 1.29 is 14.8 Å². The van der Waals surface area contributed by atoms with Gasteiger partial charge in [0, 0.05) is 18.2 Å². The van der Waals surface area contributed by atoms with Crippen molar-refractivity contribution in [3.8, 4) is 28.2 Å². The summed E-state index contributed by atoms with van der Waals surface area (Å²) in [6.45, 7) is 0. The van der Waals surface area contributed by atoms with Gasteiger partial charge in [-0.2, -0.15) is 0 Å². The van der Waals surface area contributed by atoms with E-state index >= 15 is 0 Å². The Morgan fingerprint density at radius 1 is 0.500 bits per heavy atom. The molecule has 0 aliphatic heterocycles. The van der Waals surface area contributed by atoms with Crippen molar-refractivity contribution in [1.82, 2.24) is 4.57 Å². The van der Waals surface area contributed by atoms with Crippen LogP contribution in [0, 0.1) is 30.3 Å². The number of hydrogen-bond acceptors (Lipinski definition) is 6. The minimum absolute atomic E-state index is 0.129. The predicted molar refractivity (Wildman–Crippen MR) is 117 cm³/mol. The normalized spacial score (nSPS) is 10.6. The molecule has 0 saturated carbocycles. The third-order valence-electron chi connectivity index (χ3n) is 4.95. The second-order valence-electron chi connectivity index (χ2n) is 6.73. The molecule has 0 aliphatic rings. The van der Waals surface area contributed by atoms with Crippen LogP contribution < -0.4 is 0 Å². The number of hydrogen-bond donors (Lipinski definition) is 0. The van der Waals surface area contributed by atoms with Crippen LogP contribution in [0.1, 0.15) is 0 Å². The van der Waals surface area contributed by atoms with Crippen molar-refractivity contribution in [3.05, 3.63) is 115 Å². The molecule has 10 heteroatoms. The number of aromatic nitrogens is 1. The van der Waals surface area contributed by atoms with Gasteiger partial charge in [0.05, 0.1) is 37.3 Å². The topological polar surface area (TPSA) is 134 Å². The number of nitro groups is 3. The number of rotatable bonds is 6. The smallest absolute Gasteiger partial charge is 0.293 e. The average Bonchev–Trinajstić information content (AvgIpc) is 3.23. The Morgan fingerprint density at radius 2 is 0.875 bits per heavy atom. The van der Waals surface area contributed by atoms with Crippen LogP contribution in [-0.4, -0.2) is 19.3 Å². The van der Waals surface area contributed by atoms with Gasteiger partial charge < -0.3 is 4.57 Å². The van der Waals surface area contributed by atoms with E-state index in [2.05, 4.69) is 0 Å². The lowest BCUT2D eigenvalue weighted by atomic mass is 10.1. The molecule has 3 aromatic carbocycles. The third-order valence-corrected chi connectivity index (χ3v) is 4.95. The second-order valence-corrected chi connectivity index (χ2v) is 6.73. The summed E-state index contributed by atoms with van der Waals surface area (Å²) in [6, 6.07) is 21.0. The highest BCUT2D eigenvalue weighted by Gasteiger charge is 2.27. The Hall–Kier alpha value is -4.86. The van der Waals surface area contributed by atoms with Crippen molar-refractivity contribution in [2.24, 2.45) is 0 Å². The first kappa shape index (κ1) is 20.4. The lowest BCUT2D eigenvalue weighted by molar-refractivity contribution is -0.384. The Bertz CT molecular complexity index is 1300. The molecule has 0 unspecified atom stereocenters. The molecule has 0 fully saturated rings. The summed E-state index contributed by atoms with van der Waals surface area (Å²) >= 11 is 0. The van der Waals surface area contributed by atoms with Crippen LogP contribution in [0.15, 0.2) is 84.9 Å². The summed E-state index contributed by atoms with van der Waals surface area (Å²) < 4.78 is 1.45. The fourth-order valence-electron chi connectivity index (χ4n) is 3.62. The first-order valence-electron chi connectivity index (χ1n) is 9.33. The number of nitro benzene ring substituents is 3. The van der Waals surface area contributed by atoms with Crippen LogP contribution in [0.5, 0.6) is 0 Å². The maximum atomic E-state index is 11.7. The minimum Gasteiger partial charge on any atom is -0.303 e. The highest BCUT2D eigenvalue weighted by atomic mass is 16.6. The minimum atomic E-state index is -0.568. The quantitative estimate of drug-likeness (QED) is 0.291. The van der Waals surface area contributed by atoms with Gasteiger partial charge in [-0.05, 0) is 30.3 Å². The van der Waals surface area contributed by atoms with E-state index in [1.54, 1.807) is 30.3 Å². The van der Waals surface area contributed by atoms with Crippen LogP contribution in [0.2, 0.25) is 0 Å². The third kappa shape index (κ3) is 3.45. The van der Waals surface area contributed by atoms with Crippen LogP contribution >= 0.6 is 0 Å². The molecule has 4 aromatic rings. The molecule has 32 heavy (non-hydrogen) atoms. The Kier molecular flexibility index (Phi) is 5.17. The SMILES string of the molecule is O=[N+]([O-])c1ccccc1-c1ccc(-c2ccccc2[N+](=O)[O-])n1-c1ccccc1[N+](=O)[O-]. The summed E-state index contributed by atoms with van der Waals surface area (Å²) in [7, 11) is 0. The van der Waals surface area contributed by atoms with Crippen LogP contribution in [0.4, 0.5) is 17.1 Å². The van der Waals surface area contributed by atoms with E-state index in [0.29, 0.717) is 11.4 Å². The molecular weight excluding hydrogens is 416 g/mol. The summed E-state index contributed by atoms with van der Waals surface area (Å²) in [4.78, 5) is 33.4. The zero-order chi connectivity index (χ0) is 22.8. The van der Waals surface area contributed by atoms with Crippen molar-refractivity contribution in [2.75, 3.05) is 0 Å². The van der Waals surface area contributed by atoms with Crippen LogP contribution in [-0.2, 0) is 0 Å². The second kappa shape index (κ2) is 8.11. The van der Waals surface area contributed by atoms with Crippen LogP contribution in [0.3, 0.4) is 0 Å². The Morgan fingerprint density at radius 3 is 1.31 bits per heavy atom. The molecule has 0 atom stereocenters. The van der Waals surface area contributed by atoms with E-state index in [1.165, 1.54) is 59.2 Å². The summed E-state index contributed by atoms with van der Waals surface area (Å²) in [5, 5.41) is 35.0. The van der Waals surface area contributed by atoms with Crippen molar-refractivity contribution >= 4 is 17.1 Å². The van der Waals surface area contributed by atoms with Gasteiger partial charge in [0.25, 0.3) is 17.1 Å². The van der Waals surface area contributed by atoms with Crippen LogP contribution in [0.25, 0.3) is 28.2 Å². The molecule has 0 amide bonds. The molecule has 158 valence electrons. The summed E-state index contributed by atoms with van der Waals surface area (Å²) in [5.41, 5.74) is 0.520. The van der Waals surface area contributed by atoms with Gasteiger partial charge in [0.15, 0.2) is 0 Å². The zero-order valence-corrected chi connectivity index (χ0v) is 16.3. The highest BCUT2D eigenvalue weighted by Crippen LogP contribution is 2.40. The molecular formula is C22H14N4O6. The fraction of sp³-hybridized carbons (Fsp3) is 0. The average molecular weight is 430 g/mol. The lowest BCUT2D eigenvalue weighted by Gasteiger charge is -2.14. The maximum Gasteiger partial charge on any atom is 0.293 e. The number of nitrogens with zero attached hydrogens (tertiary/aromatic N) is 4. The number of para-hydroxylation sites is 4. The monoisotopic (exact) mass is 430 g/mol. The van der Waals surface area contributed by atoms with E-state index in [9.17, 15) is 30.3 Å². The Labute approximate surface area is 180 Å². The highest BCUT2D eigenvalue weighted by molar-refractivity contribution is 5.82. The molecule has 0 bridgehead atoms. The molecule has 4 rings (SSSR count). The molecule has 0 N–H and O–H groups in total. The van der Waals surface area contributed by atoms with Gasteiger partial charge in [-0.15, -0.1) is 0 Å². The molecule has 0 spiro atoms. The van der Waals surface area contributed by atoms with E-state index < -0.39 is 14.8 Å². The largest absolute Gasteiger partial charge is 0.303 e. The van der Waals surface area contributed by atoms with Gasteiger partial charge in [0.1, 0.15) is 5.69 Å². The van der Waals surface area contributed by atoms with Gasteiger partial charge in [-0.25, -0.2) is 0 Å². The fourth-order valence-corrected chi connectivity index (χ4v) is 3.62. The first-order valence-corrected chi connectivity index (χ1v) is 9.33. The van der Waals surface area contributed by atoms with Crippen molar-refractivity contribution in [3.63, 3.8) is 0 Å². The predicted octanol–water partition coefficient (Wildman–Crippen LogP) is 5.54. The summed E-state index contributed by atoms with van der Waals surface area (Å²) in [6.07, 6.45) is 0. The molecule has 1 aromatic heterocycles. The van der Waals surface area contributed by atoms with Gasteiger partial charge in [-0.3, -0.25) is 30.3 Å². The number of benzene rings is 3. The summed E-state index contributed by atoms with van der Waals surface area (Å²) in [5.74, 6) is 0.